The van der Waals surface area contributed by atoms with E-state index in [2.05, 4.69) is 5.32 Å². The van der Waals surface area contributed by atoms with Gasteiger partial charge in [0.1, 0.15) is 0 Å². The third-order valence-electron chi connectivity index (χ3n) is 3.11. The second-order valence-electron chi connectivity index (χ2n) is 4.26. The molecule has 0 unspecified atom stereocenters. The molecule has 0 atom stereocenters. The minimum Gasteiger partial charge on any atom is -0.354 e. The minimum atomic E-state index is -0.366. The molecule has 0 bridgehead atoms. The van der Waals surface area contributed by atoms with Crippen LogP contribution in [0.4, 0.5) is 0 Å². The summed E-state index contributed by atoms with van der Waals surface area (Å²) < 4.78 is 9.99. The van der Waals surface area contributed by atoms with Crippen LogP contribution in [-0.4, -0.2) is 39.0 Å². The number of hydrogen-bond donors (Lipinski definition) is 2. The molecular weight excluding hydrogens is 208 g/mol. The minimum absolute atomic E-state index is 0.0889. The maximum absolute atomic E-state index is 11.8. The average Bonchev–Trinajstić information content (AvgIpc) is 2.31. The molecule has 0 aliphatic heterocycles. The first-order chi connectivity index (χ1) is 7.67. The van der Waals surface area contributed by atoms with Crippen LogP contribution in [0.2, 0.25) is 0 Å². The first-order valence-electron chi connectivity index (χ1n) is 5.76. The van der Waals surface area contributed by atoms with Gasteiger partial charge < -0.3 is 20.5 Å². The van der Waals surface area contributed by atoms with Crippen molar-refractivity contribution >= 4 is 5.91 Å². The summed E-state index contributed by atoms with van der Waals surface area (Å²) >= 11 is 0. The van der Waals surface area contributed by atoms with E-state index in [0.717, 1.165) is 25.7 Å². The average molecular weight is 230 g/mol. The van der Waals surface area contributed by atoms with Gasteiger partial charge in [0.15, 0.2) is 6.29 Å². The topological polar surface area (TPSA) is 73.6 Å². The molecular formula is C11H22N2O3. The molecule has 0 heterocycles. The monoisotopic (exact) mass is 230 g/mol. The Morgan fingerprint density at radius 2 is 1.88 bits per heavy atom. The lowest BCUT2D eigenvalue weighted by molar-refractivity contribution is -0.131. The summed E-state index contributed by atoms with van der Waals surface area (Å²) in [4.78, 5) is 11.8. The Kier molecular flexibility index (Phi) is 5.73. The van der Waals surface area contributed by atoms with E-state index in [0.29, 0.717) is 6.54 Å². The van der Waals surface area contributed by atoms with Gasteiger partial charge in [0.2, 0.25) is 5.91 Å². The zero-order valence-corrected chi connectivity index (χ0v) is 10.1. The predicted octanol–water partition coefficient (Wildman–Crippen LogP) is 0.239. The highest BCUT2D eigenvalue weighted by Crippen LogP contribution is 2.23. The summed E-state index contributed by atoms with van der Waals surface area (Å²) in [7, 11) is 3.11. The number of nitrogens with one attached hydrogen (secondary N) is 1. The van der Waals surface area contributed by atoms with Gasteiger partial charge in [-0.3, -0.25) is 4.79 Å². The fourth-order valence-corrected chi connectivity index (χ4v) is 1.97. The van der Waals surface area contributed by atoms with Gasteiger partial charge in [0.05, 0.1) is 6.54 Å². The Bertz CT molecular complexity index is 211. The number of ether oxygens (including phenoxy) is 2. The molecule has 0 spiro atoms. The first-order valence-corrected chi connectivity index (χ1v) is 5.76. The molecule has 1 saturated carbocycles. The van der Waals surface area contributed by atoms with Crippen molar-refractivity contribution in [3.05, 3.63) is 0 Å². The van der Waals surface area contributed by atoms with E-state index < -0.39 is 0 Å². The van der Waals surface area contributed by atoms with Gasteiger partial charge in [-0.05, 0) is 25.7 Å². The van der Waals surface area contributed by atoms with Crippen molar-refractivity contribution in [2.24, 2.45) is 11.7 Å². The number of nitrogens with two attached hydrogens (primary N) is 1. The highest BCUT2D eigenvalue weighted by molar-refractivity contribution is 5.78. The summed E-state index contributed by atoms with van der Waals surface area (Å²) in [6, 6.07) is 0.273. The molecule has 1 rings (SSSR count). The van der Waals surface area contributed by atoms with Gasteiger partial charge in [0.25, 0.3) is 0 Å². The van der Waals surface area contributed by atoms with E-state index in [4.69, 9.17) is 15.2 Å². The molecule has 1 amide bonds. The number of rotatable bonds is 5. The van der Waals surface area contributed by atoms with Gasteiger partial charge in [-0.25, -0.2) is 0 Å². The van der Waals surface area contributed by atoms with E-state index in [1.54, 1.807) is 14.2 Å². The number of methoxy groups -OCH3 is 2. The Balaban J connectivity index is 2.24. The zero-order valence-electron chi connectivity index (χ0n) is 10.1. The summed E-state index contributed by atoms with van der Waals surface area (Å²) in [6.45, 7) is 0.397. The Morgan fingerprint density at radius 3 is 2.38 bits per heavy atom. The van der Waals surface area contributed by atoms with Crippen molar-refractivity contribution < 1.29 is 14.3 Å². The van der Waals surface area contributed by atoms with Gasteiger partial charge in [-0.1, -0.05) is 0 Å². The normalized spacial score (nSPS) is 25.8. The number of carbonyl (C=O) groups excluding carboxylic acids is 1. The SMILES string of the molecule is COC(CNC(=O)C1CCC(N)CC1)OC. The molecule has 0 aromatic rings. The smallest absolute Gasteiger partial charge is 0.223 e. The quantitative estimate of drug-likeness (QED) is 0.663. The van der Waals surface area contributed by atoms with Crippen molar-refractivity contribution in [1.29, 1.82) is 0 Å². The number of carbonyl (C=O) groups is 1. The number of amides is 1. The summed E-state index contributed by atoms with van der Waals surface area (Å²) in [6.07, 6.45) is 3.29. The van der Waals surface area contributed by atoms with Gasteiger partial charge in [-0.2, -0.15) is 0 Å². The summed E-state index contributed by atoms with van der Waals surface area (Å²) in [5.74, 6) is 0.195. The van der Waals surface area contributed by atoms with Crippen molar-refractivity contribution in [2.45, 2.75) is 38.0 Å². The molecule has 0 aromatic carbocycles. The highest BCUT2D eigenvalue weighted by atomic mass is 16.7. The van der Waals surface area contributed by atoms with Crippen LogP contribution in [-0.2, 0) is 14.3 Å². The summed E-state index contributed by atoms with van der Waals surface area (Å²) in [5.41, 5.74) is 5.79. The number of hydrogen-bond acceptors (Lipinski definition) is 4. The molecule has 16 heavy (non-hydrogen) atoms. The lowest BCUT2D eigenvalue weighted by Gasteiger charge is -2.25. The van der Waals surface area contributed by atoms with Crippen LogP contribution in [0.3, 0.4) is 0 Å². The zero-order chi connectivity index (χ0) is 12.0. The van der Waals surface area contributed by atoms with Crippen molar-refractivity contribution in [1.82, 2.24) is 5.32 Å². The van der Waals surface area contributed by atoms with E-state index in [1.807, 2.05) is 0 Å². The summed E-state index contributed by atoms with van der Waals surface area (Å²) in [5, 5.41) is 2.84. The largest absolute Gasteiger partial charge is 0.354 e. The fourth-order valence-electron chi connectivity index (χ4n) is 1.97. The molecule has 0 aromatic heterocycles. The Morgan fingerprint density at radius 1 is 1.31 bits per heavy atom. The fraction of sp³-hybridized carbons (Fsp3) is 0.909. The van der Waals surface area contributed by atoms with Gasteiger partial charge in [0, 0.05) is 26.2 Å². The van der Waals surface area contributed by atoms with Crippen LogP contribution in [0.5, 0.6) is 0 Å². The molecule has 5 nitrogen and oxygen atoms in total. The standard InChI is InChI=1S/C11H22N2O3/c1-15-10(16-2)7-13-11(14)8-3-5-9(12)6-4-8/h8-10H,3-7,12H2,1-2H3,(H,13,14). The van der Waals surface area contributed by atoms with E-state index in [9.17, 15) is 4.79 Å². The lowest BCUT2D eigenvalue weighted by Crippen LogP contribution is -2.40. The van der Waals surface area contributed by atoms with Crippen molar-refractivity contribution in [3.8, 4) is 0 Å². The maximum atomic E-state index is 11.8. The van der Waals surface area contributed by atoms with Crippen LogP contribution < -0.4 is 11.1 Å². The third-order valence-corrected chi connectivity index (χ3v) is 3.11. The third kappa shape index (κ3) is 4.08. The van der Waals surface area contributed by atoms with Crippen LogP contribution in [0.1, 0.15) is 25.7 Å². The molecule has 1 fully saturated rings. The predicted molar refractivity (Wildman–Crippen MR) is 60.7 cm³/mol. The van der Waals surface area contributed by atoms with E-state index in [-0.39, 0.29) is 24.2 Å². The van der Waals surface area contributed by atoms with Crippen molar-refractivity contribution in [3.63, 3.8) is 0 Å². The van der Waals surface area contributed by atoms with Crippen molar-refractivity contribution in [2.75, 3.05) is 20.8 Å². The molecule has 5 heteroatoms. The molecule has 0 saturated heterocycles. The molecule has 94 valence electrons. The molecule has 3 N–H and O–H groups in total. The van der Waals surface area contributed by atoms with Crippen LogP contribution >= 0.6 is 0 Å². The molecule has 1 aliphatic carbocycles. The van der Waals surface area contributed by atoms with E-state index >= 15 is 0 Å². The second-order valence-corrected chi connectivity index (χ2v) is 4.26. The highest BCUT2D eigenvalue weighted by Gasteiger charge is 2.24. The maximum Gasteiger partial charge on any atom is 0.223 e. The van der Waals surface area contributed by atoms with Crippen LogP contribution in [0.15, 0.2) is 0 Å². The second kappa shape index (κ2) is 6.83. The van der Waals surface area contributed by atoms with Crippen LogP contribution in [0.25, 0.3) is 0 Å². The van der Waals surface area contributed by atoms with Crippen LogP contribution in [0, 0.1) is 5.92 Å². The van der Waals surface area contributed by atoms with Gasteiger partial charge in [-0.15, -0.1) is 0 Å². The van der Waals surface area contributed by atoms with E-state index in [1.165, 1.54) is 0 Å². The first kappa shape index (κ1) is 13.4. The Labute approximate surface area is 96.7 Å². The lowest BCUT2D eigenvalue weighted by atomic mass is 9.86. The Hall–Kier alpha value is -0.650. The van der Waals surface area contributed by atoms with Gasteiger partial charge >= 0.3 is 0 Å². The molecule has 0 radical (unpaired) electrons. The molecule has 1 aliphatic rings.